The molecule has 0 spiro atoms. The van der Waals surface area contributed by atoms with Crippen LogP contribution in [0.25, 0.3) is 0 Å². The van der Waals surface area contributed by atoms with E-state index >= 15 is 0 Å². The largest absolute Gasteiger partial charge is 0.378 e. The van der Waals surface area contributed by atoms with Gasteiger partial charge in [0.1, 0.15) is 0 Å². The number of ether oxygens (including phenoxy) is 1. The second-order valence-corrected chi connectivity index (χ2v) is 7.09. The summed E-state index contributed by atoms with van der Waals surface area (Å²) in [4.78, 5) is 0. The first kappa shape index (κ1) is 18.2. The van der Waals surface area contributed by atoms with Crippen LogP contribution in [0.4, 0.5) is 0 Å². The summed E-state index contributed by atoms with van der Waals surface area (Å²) in [5.41, 5.74) is 15.4. The highest BCUT2D eigenvalue weighted by atomic mass is 16.5. The van der Waals surface area contributed by atoms with Crippen molar-refractivity contribution in [3.8, 4) is 0 Å². The van der Waals surface area contributed by atoms with Crippen LogP contribution < -0.4 is 11.2 Å². The first-order valence-corrected chi connectivity index (χ1v) is 9.67. The van der Waals surface area contributed by atoms with Crippen LogP contribution in [0.2, 0.25) is 0 Å². The van der Waals surface area contributed by atoms with Crippen molar-refractivity contribution in [1.29, 1.82) is 0 Å². The third-order valence-electron chi connectivity index (χ3n) is 5.42. The van der Waals surface area contributed by atoms with E-state index in [4.69, 9.17) is 15.6 Å². The zero-order valence-electron chi connectivity index (χ0n) is 15.6. The number of nitrogens with zero attached hydrogens (tertiary/aromatic N) is 1. The van der Waals surface area contributed by atoms with E-state index in [1.165, 1.54) is 34.5 Å². The van der Waals surface area contributed by atoms with Crippen LogP contribution >= 0.6 is 0 Å². The van der Waals surface area contributed by atoms with Crippen LogP contribution in [0.5, 0.6) is 0 Å². The number of nitrogens with one attached hydrogen (secondary N) is 1. The topological polar surface area (TPSA) is 59.6 Å². The lowest BCUT2D eigenvalue weighted by atomic mass is 9.79. The number of nitrogens with two attached hydrogens (primary N) is 1. The highest BCUT2D eigenvalue weighted by Crippen LogP contribution is 2.34. The van der Waals surface area contributed by atoms with Crippen molar-refractivity contribution in [2.24, 2.45) is 16.8 Å². The van der Waals surface area contributed by atoms with Crippen molar-refractivity contribution in [2.45, 2.75) is 58.5 Å². The molecule has 3 rings (SSSR count). The molecule has 2 atom stereocenters. The van der Waals surface area contributed by atoms with Crippen molar-refractivity contribution in [2.75, 3.05) is 13.2 Å². The lowest BCUT2D eigenvalue weighted by Gasteiger charge is -2.32. The van der Waals surface area contributed by atoms with Gasteiger partial charge in [-0.15, -0.1) is 0 Å². The molecule has 4 heteroatoms. The molecule has 1 aliphatic carbocycles. The highest BCUT2D eigenvalue weighted by Gasteiger charge is 2.29. The van der Waals surface area contributed by atoms with E-state index < -0.39 is 0 Å². The lowest BCUT2D eigenvalue weighted by molar-refractivity contribution is 0.0463. The van der Waals surface area contributed by atoms with E-state index in [1.54, 1.807) is 0 Å². The standard InChI is InChI=1S/C21H31N3O/c1-3-25-18-5-4-6-20-19(12-11-18)15(2)23-24-21(20)17-9-7-16(8-10-17)13-14-22/h7-10,18,20,23H,3-6,11-14,22H2,1-2H3. The van der Waals surface area contributed by atoms with E-state index in [-0.39, 0.29) is 0 Å². The van der Waals surface area contributed by atoms with Crippen LogP contribution in [0, 0.1) is 5.92 Å². The fourth-order valence-corrected chi connectivity index (χ4v) is 4.08. The Bertz CT molecular complexity index is 633. The number of hydrogen-bond acceptors (Lipinski definition) is 4. The van der Waals surface area contributed by atoms with Gasteiger partial charge in [-0.2, -0.15) is 5.10 Å². The number of hydrazone groups is 1. The van der Waals surface area contributed by atoms with Gasteiger partial charge in [-0.3, -0.25) is 5.43 Å². The predicted octanol–water partition coefficient (Wildman–Crippen LogP) is 3.75. The van der Waals surface area contributed by atoms with Crippen molar-refractivity contribution in [3.63, 3.8) is 0 Å². The van der Waals surface area contributed by atoms with Gasteiger partial charge in [-0.25, -0.2) is 0 Å². The molecule has 0 saturated heterocycles. The average molecular weight is 341 g/mol. The summed E-state index contributed by atoms with van der Waals surface area (Å²) in [5.74, 6) is 0.434. The second-order valence-electron chi connectivity index (χ2n) is 7.09. The van der Waals surface area contributed by atoms with Crippen LogP contribution in [-0.2, 0) is 11.2 Å². The molecule has 0 amide bonds. The Hall–Kier alpha value is -1.65. The van der Waals surface area contributed by atoms with Crippen LogP contribution in [0.1, 0.15) is 57.1 Å². The Morgan fingerprint density at radius 3 is 2.72 bits per heavy atom. The van der Waals surface area contributed by atoms with Crippen LogP contribution in [0.15, 0.2) is 40.6 Å². The van der Waals surface area contributed by atoms with Gasteiger partial charge in [0.05, 0.1) is 11.8 Å². The second kappa shape index (κ2) is 8.63. The zero-order chi connectivity index (χ0) is 17.6. The highest BCUT2D eigenvalue weighted by molar-refractivity contribution is 6.04. The maximum absolute atomic E-state index is 5.90. The minimum Gasteiger partial charge on any atom is -0.378 e. The van der Waals surface area contributed by atoms with E-state index in [9.17, 15) is 0 Å². The molecule has 2 unspecified atom stereocenters. The minimum absolute atomic E-state index is 0.407. The third kappa shape index (κ3) is 4.31. The lowest BCUT2D eigenvalue weighted by Crippen LogP contribution is -2.31. The number of benzene rings is 1. The van der Waals surface area contributed by atoms with Crippen molar-refractivity contribution < 1.29 is 4.74 Å². The van der Waals surface area contributed by atoms with Gasteiger partial charge >= 0.3 is 0 Å². The van der Waals surface area contributed by atoms with E-state index in [2.05, 4.69) is 43.5 Å². The molecular weight excluding hydrogens is 310 g/mol. The monoisotopic (exact) mass is 341 g/mol. The molecule has 1 fully saturated rings. The molecule has 1 aromatic rings. The summed E-state index contributed by atoms with van der Waals surface area (Å²) in [5, 5.41) is 4.72. The quantitative estimate of drug-likeness (QED) is 0.857. The van der Waals surface area contributed by atoms with Crippen molar-refractivity contribution >= 4 is 5.71 Å². The number of rotatable bonds is 5. The minimum atomic E-state index is 0.407. The molecule has 2 aliphatic rings. The molecule has 1 saturated carbocycles. The van der Waals surface area contributed by atoms with Crippen LogP contribution in [0.3, 0.4) is 0 Å². The molecule has 136 valence electrons. The molecule has 0 aromatic heterocycles. The smallest absolute Gasteiger partial charge is 0.0751 e. The van der Waals surface area contributed by atoms with Gasteiger partial charge in [-0.1, -0.05) is 24.3 Å². The van der Waals surface area contributed by atoms with Crippen molar-refractivity contribution in [3.05, 3.63) is 46.7 Å². The number of allylic oxidation sites excluding steroid dienone is 2. The summed E-state index contributed by atoms with van der Waals surface area (Å²) < 4.78 is 5.90. The van der Waals surface area contributed by atoms with E-state index in [0.717, 1.165) is 38.7 Å². The average Bonchev–Trinajstić information content (AvgIpc) is 2.60. The Balaban J connectivity index is 1.79. The molecule has 3 N–H and O–H groups in total. The van der Waals surface area contributed by atoms with Gasteiger partial charge in [0.2, 0.25) is 0 Å². The van der Waals surface area contributed by atoms with E-state index in [1.807, 2.05) is 0 Å². The normalized spacial score (nSPS) is 24.0. The Morgan fingerprint density at radius 2 is 2.00 bits per heavy atom. The molecule has 25 heavy (non-hydrogen) atoms. The molecule has 0 radical (unpaired) electrons. The third-order valence-corrected chi connectivity index (χ3v) is 5.42. The summed E-state index contributed by atoms with van der Waals surface area (Å²) >= 11 is 0. The zero-order valence-corrected chi connectivity index (χ0v) is 15.6. The first-order chi connectivity index (χ1) is 12.2. The van der Waals surface area contributed by atoms with Gasteiger partial charge in [0.15, 0.2) is 0 Å². The fraction of sp³-hybridized carbons (Fsp3) is 0.571. The van der Waals surface area contributed by atoms with Gasteiger partial charge in [0, 0.05) is 18.2 Å². The maximum atomic E-state index is 5.90. The molecular formula is C21H31N3O. The maximum Gasteiger partial charge on any atom is 0.0751 e. The Labute approximate surface area is 151 Å². The molecule has 4 nitrogen and oxygen atoms in total. The summed E-state index contributed by atoms with van der Waals surface area (Å²) in [6, 6.07) is 8.77. The first-order valence-electron chi connectivity index (χ1n) is 9.67. The summed E-state index contributed by atoms with van der Waals surface area (Å²) in [6.45, 7) is 5.75. The van der Waals surface area contributed by atoms with Gasteiger partial charge in [-0.05, 0) is 75.6 Å². The molecule has 0 bridgehead atoms. The fourth-order valence-electron chi connectivity index (χ4n) is 4.08. The van der Waals surface area contributed by atoms with Gasteiger partial charge < -0.3 is 10.5 Å². The molecule has 1 aliphatic heterocycles. The van der Waals surface area contributed by atoms with Crippen molar-refractivity contribution in [1.82, 2.24) is 5.43 Å². The van der Waals surface area contributed by atoms with E-state index in [0.29, 0.717) is 18.6 Å². The number of hydrogen-bond donors (Lipinski definition) is 2. The molecule has 1 aromatic carbocycles. The van der Waals surface area contributed by atoms with Crippen LogP contribution in [-0.4, -0.2) is 25.0 Å². The summed E-state index contributed by atoms with van der Waals surface area (Å²) in [7, 11) is 0. The van der Waals surface area contributed by atoms with Gasteiger partial charge in [0.25, 0.3) is 0 Å². The predicted molar refractivity (Wildman–Crippen MR) is 104 cm³/mol. The number of fused-ring (bicyclic) bond motifs is 1. The Kier molecular flexibility index (Phi) is 6.27. The SMILES string of the molecule is CCOC1CCCC2C(c3ccc(CCN)cc3)=NNC(C)=C2CC1. The summed E-state index contributed by atoms with van der Waals surface area (Å²) in [6.07, 6.45) is 7.05. The Morgan fingerprint density at radius 1 is 1.20 bits per heavy atom. The molecule has 1 heterocycles.